The number of aryl methyl sites for hydroxylation is 1. The number of morpholine rings is 1. The molecule has 1 aromatic rings. The Morgan fingerprint density at radius 3 is 3.00 bits per heavy atom. The van der Waals surface area contributed by atoms with Crippen LogP contribution in [0, 0.1) is 0 Å². The number of hydrogen-bond acceptors (Lipinski definition) is 3. The van der Waals surface area contributed by atoms with E-state index in [-0.39, 0.29) is 18.1 Å². The van der Waals surface area contributed by atoms with Gasteiger partial charge in [-0.15, -0.1) is 0 Å². The van der Waals surface area contributed by atoms with Gasteiger partial charge in [-0.2, -0.15) is 5.10 Å². The lowest BCUT2D eigenvalue weighted by Gasteiger charge is -2.35. The molecule has 6 heteroatoms. The van der Waals surface area contributed by atoms with Crippen LogP contribution >= 0.6 is 15.9 Å². The summed E-state index contributed by atoms with van der Waals surface area (Å²) in [6.07, 6.45) is 1.91. The molecule has 0 N–H and O–H groups in total. The monoisotopic (exact) mass is 301 g/mol. The van der Waals surface area contributed by atoms with Crippen LogP contribution in [0.15, 0.2) is 12.3 Å². The van der Waals surface area contributed by atoms with Gasteiger partial charge in [0.1, 0.15) is 5.69 Å². The Kier molecular flexibility index (Phi) is 3.83. The Labute approximate surface area is 109 Å². The highest BCUT2D eigenvalue weighted by Gasteiger charge is 2.29. The minimum atomic E-state index is -0.0216. The van der Waals surface area contributed by atoms with Gasteiger partial charge in [-0.05, 0) is 13.0 Å². The molecule has 0 bridgehead atoms. The molecule has 1 aliphatic heterocycles. The Bertz CT molecular complexity index is 407. The van der Waals surface area contributed by atoms with Crippen LogP contribution in [0.4, 0.5) is 0 Å². The molecule has 5 nitrogen and oxygen atoms in total. The molecular weight excluding hydrogens is 286 g/mol. The second kappa shape index (κ2) is 5.18. The van der Waals surface area contributed by atoms with Crippen molar-refractivity contribution in [3.8, 4) is 0 Å². The number of nitrogens with zero attached hydrogens (tertiary/aromatic N) is 3. The van der Waals surface area contributed by atoms with E-state index in [1.165, 1.54) is 0 Å². The van der Waals surface area contributed by atoms with Crippen molar-refractivity contribution in [2.45, 2.75) is 19.1 Å². The number of amides is 1. The van der Waals surface area contributed by atoms with Crippen molar-refractivity contribution in [1.82, 2.24) is 14.7 Å². The Balaban J connectivity index is 2.08. The molecule has 0 aliphatic carbocycles. The highest BCUT2D eigenvalue weighted by Crippen LogP contribution is 2.15. The molecule has 2 unspecified atom stereocenters. The summed E-state index contributed by atoms with van der Waals surface area (Å²) in [5.41, 5.74) is 0.495. The lowest BCUT2D eigenvalue weighted by Crippen LogP contribution is -2.49. The first-order chi connectivity index (χ1) is 8.10. The van der Waals surface area contributed by atoms with Crippen molar-refractivity contribution < 1.29 is 9.53 Å². The minimum absolute atomic E-state index is 0.0216. The van der Waals surface area contributed by atoms with Crippen molar-refractivity contribution in [3.63, 3.8) is 0 Å². The van der Waals surface area contributed by atoms with Crippen LogP contribution in [-0.4, -0.2) is 51.2 Å². The van der Waals surface area contributed by atoms with Crippen molar-refractivity contribution in [1.29, 1.82) is 0 Å². The third-order valence-electron chi connectivity index (χ3n) is 2.72. The van der Waals surface area contributed by atoms with Crippen LogP contribution in [0.5, 0.6) is 0 Å². The highest BCUT2D eigenvalue weighted by molar-refractivity contribution is 9.09. The second-order valence-corrected chi connectivity index (χ2v) is 4.96. The SMILES string of the molecule is CC1CN(C(=O)c2ccn(C)n2)CC(CBr)O1. The number of alkyl halides is 1. The van der Waals surface area contributed by atoms with Gasteiger partial charge in [0, 0.05) is 31.7 Å². The van der Waals surface area contributed by atoms with Gasteiger partial charge in [-0.3, -0.25) is 9.48 Å². The van der Waals surface area contributed by atoms with Gasteiger partial charge in [-0.1, -0.05) is 15.9 Å². The number of carbonyl (C=O) groups excluding carboxylic acids is 1. The van der Waals surface area contributed by atoms with E-state index < -0.39 is 0 Å². The first-order valence-corrected chi connectivity index (χ1v) is 6.72. The lowest BCUT2D eigenvalue weighted by molar-refractivity contribution is -0.0561. The van der Waals surface area contributed by atoms with Crippen LogP contribution in [0.25, 0.3) is 0 Å². The van der Waals surface area contributed by atoms with Crippen LogP contribution < -0.4 is 0 Å². The number of rotatable bonds is 2. The van der Waals surface area contributed by atoms with Gasteiger partial charge >= 0.3 is 0 Å². The summed E-state index contributed by atoms with van der Waals surface area (Å²) in [6.45, 7) is 3.22. The molecule has 1 saturated heterocycles. The Morgan fingerprint density at radius 2 is 2.41 bits per heavy atom. The van der Waals surface area contributed by atoms with Gasteiger partial charge in [0.15, 0.2) is 0 Å². The summed E-state index contributed by atoms with van der Waals surface area (Å²) >= 11 is 3.39. The smallest absolute Gasteiger partial charge is 0.274 e. The molecule has 0 saturated carbocycles. The third kappa shape index (κ3) is 2.87. The van der Waals surface area contributed by atoms with E-state index in [0.29, 0.717) is 18.8 Å². The normalized spacial score (nSPS) is 25.0. The number of aromatic nitrogens is 2. The molecule has 1 amide bonds. The maximum atomic E-state index is 12.2. The van der Waals surface area contributed by atoms with E-state index in [1.807, 2.05) is 11.8 Å². The molecular formula is C11H16BrN3O2. The van der Waals surface area contributed by atoms with Gasteiger partial charge < -0.3 is 9.64 Å². The molecule has 1 fully saturated rings. The molecule has 17 heavy (non-hydrogen) atoms. The van der Waals surface area contributed by atoms with E-state index in [1.54, 1.807) is 24.0 Å². The molecule has 2 rings (SSSR count). The summed E-state index contributed by atoms with van der Waals surface area (Å²) in [6, 6.07) is 1.74. The summed E-state index contributed by atoms with van der Waals surface area (Å²) in [5.74, 6) is -0.0216. The molecule has 1 aromatic heterocycles. The zero-order valence-electron chi connectivity index (χ0n) is 9.97. The quantitative estimate of drug-likeness (QED) is 0.767. The van der Waals surface area contributed by atoms with Gasteiger partial charge in [0.05, 0.1) is 12.2 Å². The summed E-state index contributed by atoms with van der Waals surface area (Å²) in [7, 11) is 1.81. The molecule has 1 aliphatic rings. The Hall–Kier alpha value is -0.880. The molecule has 0 spiro atoms. The predicted molar refractivity (Wildman–Crippen MR) is 67.2 cm³/mol. The first-order valence-electron chi connectivity index (χ1n) is 5.60. The fourth-order valence-corrected chi connectivity index (χ4v) is 2.34. The van der Waals surface area contributed by atoms with Crippen molar-refractivity contribution in [2.75, 3.05) is 18.4 Å². The lowest BCUT2D eigenvalue weighted by atomic mass is 10.2. The average molecular weight is 302 g/mol. The molecule has 0 radical (unpaired) electrons. The molecule has 94 valence electrons. The predicted octanol–water partition coefficient (Wildman–Crippen LogP) is 1.04. The summed E-state index contributed by atoms with van der Waals surface area (Å²) < 4.78 is 7.33. The zero-order chi connectivity index (χ0) is 12.4. The number of halogens is 1. The maximum absolute atomic E-state index is 12.2. The Morgan fingerprint density at radius 1 is 1.65 bits per heavy atom. The highest BCUT2D eigenvalue weighted by atomic mass is 79.9. The zero-order valence-corrected chi connectivity index (χ0v) is 11.6. The van der Waals surface area contributed by atoms with Crippen molar-refractivity contribution >= 4 is 21.8 Å². The number of carbonyl (C=O) groups is 1. The first kappa shape index (κ1) is 12.6. The van der Waals surface area contributed by atoms with Crippen LogP contribution in [-0.2, 0) is 11.8 Å². The fourth-order valence-electron chi connectivity index (χ4n) is 1.99. The number of ether oxygens (including phenoxy) is 1. The summed E-state index contributed by atoms with van der Waals surface area (Å²) in [5, 5.41) is 4.87. The van der Waals surface area contributed by atoms with E-state index in [2.05, 4.69) is 21.0 Å². The van der Waals surface area contributed by atoms with Gasteiger partial charge in [0.2, 0.25) is 0 Å². The molecule has 0 aromatic carbocycles. The standard InChI is InChI=1S/C11H16BrN3O2/c1-8-6-15(7-9(5-12)17-8)11(16)10-3-4-14(2)13-10/h3-4,8-9H,5-7H2,1-2H3. The largest absolute Gasteiger partial charge is 0.371 e. The van der Waals surface area contributed by atoms with E-state index in [4.69, 9.17) is 4.74 Å². The third-order valence-corrected chi connectivity index (χ3v) is 3.44. The number of hydrogen-bond donors (Lipinski definition) is 0. The van der Waals surface area contributed by atoms with Crippen LogP contribution in [0.2, 0.25) is 0 Å². The topological polar surface area (TPSA) is 47.4 Å². The van der Waals surface area contributed by atoms with E-state index >= 15 is 0 Å². The average Bonchev–Trinajstić information content (AvgIpc) is 2.74. The van der Waals surface area contributed by atoms with Gasteiger partial charge in [0.25, 0.3) is 5.91 Å². The second-order valence-electron chi connectivity index (χ2n) is 4.31. The van der Waals surface area contributed by atoms with Crippen molar-refractivity contribution in [2.24, 2.45) is 7.05 Å². The molecule has 2 heterocycles. The maximum Gasteiger partial charge on any atom is 0.274 e. The minimum Gasteiger partial charge on any atom is -0.371 e. The fraction of sp³-hybridized carbons (Fsp3) is 0.636. The van der Waals surface area contributed by atoms with Gasteiger partial charge in [-0.25, -0.2) is 0 Å². The van der Waals surface area contributed by atoms with E-state index in [9.17, 15) is 4.79 Å². The molecule has 2 atom stereocenters. The van der Waals surface area contributed by atoms with Crippen LogP contribution in [0.1, 0.15) is 17.4 Å². The summed E-state index contributed by atoms with van der Waals surface area (Å²) in [4.78, 5) is 14.0. The van der Waals surface area contributed by atoms with Crippen LogP contribution in [0.3, 0.4) is 0 Å². The van der Waals surface area contributed by atoms with E-state index in [0.717, 1.165) is 5.33 Å². The van der Waals surface area contributed by atoms with Crippen molar-refractivity contribution in [3.05, 3.63) is 18.0 Å².